The molecule has 2 aliphatic rings. The molecule has 0 spiro atoms. The maximum atomic E-state index is 12.2. The van der Waals surface area contributed by atoms with Crippen molar-refractivity contribution < 1.29 is 19.7 Å². The molecule has 0 radical (unpaired) electrons. The number of ether oxygens (including phenoxy) is 1. The summed E-state index contributed by atoms with van der Waals surface area (Å²) in [5, 5.41) is 20.2. The number of aliphatic hydroxyl groups excluding tert-OH is 1. The summed E-state index contributed by atoms with van der Waals surface area (Å²) in [6.45, 7) is 7.85. The van der Waals surface area contributed by atoms with Gasteiger partial charge in [0.2, 0.25) is 0 Å². The standard InChI is InChI=1S/C16H29NO4/c1-11(2)9-16(20,12(3)18)15(19)21-10-13-6-8-17-7-4-5-14(13)17/h11-14,18,20H,4-10H2,1-3H3/t12-,13-,14-,16+/m0/s1. The van der Waals surface area contributed by atoms with Gasteiger partial charge in [0.05, 0.1) is 12.7 Å². The summed E-state index contributed by atoms with van der Waals surface area (Å²) in [6.07, 6.45) is 2.53. The molecular weight excluding hydrogens is 270 g/mol. The summed E-state index contributed by atoms with van der Waals surface area (Å²) in [5.74, 6) is -0.203. The van der Waals surface area contributed by atoms with Crippen LogP contribution in [0.25, 0.3) is 0 Å². The predicted molar refractivity (Wildman–Crippen MR) is 79.7 cm³/mol. The van der Waals surface area contributed by atoms with E-state index in [0.29, 0.717) is 18.6 Å². The number of nitrogens with zero attached hydrogens (tertiary/aromatic N) is 1. The Kier molecular flexibility index (Phi) is 5.28. The normalized spacial score (nSPS) is 30.2. The van der Waals surface area contributed by atoms with E-state index in [2.05, 4.69) is 4.90 Å². The van der Waals surface area contributed by atoms with Crippen LogP contribution in [-0.4, -0.2) is 58.5 Å². The quantitative estimate of drug-likeness (QED) is 0.721. The zero-order valence-corrected chi connectivity index (χ0v) is 13.4. The highest BCUT2D eigenvalue weighted by molar-refractivity contribution is 5.80. The number of aliphatic hydroxyl groups is 2. The van der Waals surface area contributed by atoms with Crippen LogP contribution >= 0.6 is 0 Å². The molecule has 0 bridgehead atoms. The van der Waals surface area contributed by atoms with Crippen LogP contribution in [0.15, 0.2) is 0 Å². The van der Waals surface area contributed by atoms with Gasteiger partial charge in [-0.25, -0.2) is 4.79 Å². The second-order valence-electron chi connectivity index (χ2n) is 7.09. The molecule has 0 aromatic carbocycles. The number of carbonyl (C=O) groups is 1. The van der Waals surface area contributed by atoms with Gasteiger partial charge in [0, 0.05) is 12.0 Å². The molecule has 0 aromatic heterocycles. The molecule has 2 fully saturated rings. The van der Waals surface area contributed by atoms with E-state index < -0.39 is 17.7 Å². The van der Waals surface area contributed by atoms with Crippen molar-refractivity contribution in [3.05, 3.63) is 0 Å². The van der Waals surface area contributed by atoms with E-state index in [1.54, 1.807) is 0 Å². The summed E-state index contributed by atoms with van der Waals surface area (Å²) in [5.41, 5.74) is -1.79. The van der Waals surface area contributed by atoms with E-state index in [-0.39, 0.29) is 12.3 Å². The fraction of sp³-hybridized carbons (Fsp3) is 0.938. The van der Waals surface area contributed by atoms with Gasteiger partial charge in [-0.1, -0.05) is 13.8 Å². The van der Waals surface area contributed by atoms with Crippen LogP contribution in [0.5, 0.6) is 0 Å². The molecule has 2 saturated heterocycles. The van der Waals surface area contributed by atoms with Crippen LogP contribution in [0, 0.1) is 11.8 Å². The van der Waals surface area contributed by atoms with Gasteiger partial charge in [0.25, 0.3) is 0 Å². The first-order valence-corrected chi connectivity index (χ1v) is 8.16. The van der Waals surface area contributed by atoms with Crippen molar-refractivity contribution in [3.63, 3.8) is 0 Å². The van der Waals surface area contributed by atoms with Gasteiger partial charge in [0.15, 0.2) is 5.60 Å². The van der Waals surface area contributed by atoms with Gasteiger partial charge in [-0.3, -0.25) is 4.90 Å². The van der Waals surface area contributed by atoms with Crippen LogP contribution in [0.1, 0.15) is 46.5 Å². The summed E-state index contributed by atoms with van der Waals surface area (Å²) in [7, 11) is 0. The molecule has 2 aliphatic heterocycles. The third kappa shape index (κ3) is 3.58. The van der Waals surface area contributed by atoms with Gasteiger partial charge < -0.3 is 14.9 Å². The van der Waals surface area contributed by atoms with Crippen molar-refractivity contribution in [2.24, 2.45) is 11.8 Å². The third-order valence-electron chi connectivity index (χ3n) is 4.94. The molecule has 21 heavy (non-hydrogen) atoms. The summed E-state index contributed by atoms with van der Waals surface area (Å²) in [4.78, 5) is 14.7. The summed E-state index contributed by atoms with van der Waals surface area (Å²) in [6, 6.07) is 0.530. The number of carbonyl (C=O) groups excluding carboxylic acids is 1. The molecule has 2 N–H and O–H groups in total. The fourth-order valence-electron chi connectivity index (χ4n) is 3.74. The number of hydrogen-bond acceptors (Lipinski definition) is 5. The second kappa shape index (κ2) is 6.63. The lowest BCUT2D eigenvalue weighted by Crippen LogP contribution is -2.50. The molecule has 2 rings (SSSR count). The minimum Gasteiger partial charge on any atom is -0.463 e. The summed E-state index contributed by atoms with van der Waals surface area (Å²) >= 11 is 0. The van der Waals surface area contributed by atoms with E-state index in [9.17, 15) is 15.0 Å². The van der Waals surface area contributed by atoms with Crippen molar-refractivity contribution in [2.45, 2.75) is 64.2 Å². The van der Waals surface area contributed by atoms with Gasteiger partial charge in [-0.15, -0.1) is 0 Å². The Morgan fingerprint density at radius 1 is 1.33 bits per heavy atom. The Labute approximate surface area is 127 Å². The lowest BCUT2D eigenvalue weighted by Gasteiger charge is -2.31. The number of hydrogen-bond donors (Lipinski definition) is 2. The topological polar surface area (TPSA) is 70.0 Å². The van der Waals surface area contributed by atoms with Crippen molar-refractivity contribution in [1.29, 1.82) is 0 Å². The van der Waals surface area contributed by atoms with Crippen molar-refractivity contribution in [2.75, 3.05) is 19.7 Å². The number of esters is 1. The molecule has 4 atom stereocenters. The molecule has 0 unspecified atom stereocenters. The molecule has 5 heteroatoms. The maximum Gasteiger partial charge on any atom is 0.340 e. The molecule has 0 aromatic rings. The van der Waals surface area contributed by atoms with E-state index in [0.717, 1.165) is 19.5 Å². The highest BCUT2D eigenvalue weighted by atomic mass is 16.6. The van der Waals surface area contributed by atoms with Gasteiger partial charge in [-0.2, -0.15) is 0 Å². The number of fused-ring (bicyclic) bond motifs is 1. The van der Waals surface area contributed by atoms with Crippen LogP contribution in [0.2, 0.25) is 0 Å². The van der Waals surface area contributed by atoms with Crippen LogP contribution in [-0.2, 0) is 9.53 Å². The maximum absolute atomic E-state index is 12.2. The largest absolute Gasteiger partial charge is 0.463 e. The first-order valence-electron chi connectivity index (χ1n) is 8.16. The average Bonchev–Trinajstić information content (AvgIpc) is 2.97. The Hall–Kier alpha value is -0.650. The Morgan fingerprint density at radius 2 is 2.05 bits per heavy atom. The third-order valence-corrected chi connectivity index (χ3v) is 4.94. The highest BCUT2D eigenvalue weighted by Gasteiger charge is 2.44. The van der Waals surface area contributed by atoms with Gasteiger partial charge in [-0.05, 0) is 51.6 Å². The molecule has 2 heterocycles. The van der Waals surface area contributed by atoms with Crippen molar-refractivity contribution in [1.82, 2.24) is 4.90 Å². The van der Waals surface area contributed by atoms with E-state index >= 15 is 0 Å². The molecule has 122 valence electrons. The minimum atomic E-state index is -1.79. The zero-order valence-electron chi connectivity index (χ0n) is 13.4. The minimum absolute atomic E-state index is 0.106. The fourth-order valence-corrected chi connectivity index (χ4v) is 3.74. The second-order valence-corrected chi connectivity index (χ2v) is 7.09. The smallest absolute Gasteiger partial charge is 0.340 e. The molecule has 0 amide bonds. The van der Waals surface area contributed by atoms with Gasteiger partial charge >= 0.3 is 5.97 Å². The molecular formula is C16H29NO4. The SMILES string of the molecule is CC(C)C[C@](O)(C(=O)OC[C@@H]1CCN2CCC[C@@H]12)[C@H](C)O. The first kappa shape index (κ1) is 16.7. The van der Waals surface area contributed by atoms with Gasteiger partial charge in [0.1, 0.15) is 0 Å². The summed E-state index contributed by atoms with van der Waals surface area (Å²) < 4.78 is 5.39. The average molecular weight is 299 g/mol. The lowest BCUT2D eigenvalue weighted by molar-refractivity contribution is -0.181. The monoisotopic (exact) mass is 299 g/mol. The van der Waals surface area contributed by atoms with Crippen LogP contribution in [0.3, 0.4) is 0 Å². The Bertz CT molecular complexity index is 371. The van der Waals surface area contributed by atoms with Crippen molar-refractivity contribution >= 4 is 5.97 Å². The number of rotatable bonds is 6. The van der Waals surface area contributed by atoms with E-state index in [1.807, 2.05) is 13.8 Å². The van der Waals surface area contributed by atoms with Crippen molar-refractivity contribution in [3.8, 4) is 0 Å². The Morgan fingerprint density at radius 3 is 2.67 bits per heavy atom. The van der Waals surface area contributed by atoms with Crippen LogP contribution in [0.4, 0.5) is 0 Å². The van der Waals surface area contributed by atoms with E-state index in [1.165, 1.54) is 19.8 Å². The first-order chi connectivity index (χ1) is 9.84. The highest BCUT2D eigenvalue weighted by Crippen LogP contribution is 2.33. The predicted octanol–water partition coefficient (Wildman–Crippen LogP) is 1.17. The molecule has 0 saturated carbocycles. The molecule has 5 nitrogen and oxygen atoms in total. The lowest BCUT2D eigenvalue weighted by atomic mass is 9.88. The van der Waals surface area contributed by atoms with Crippen LogP contribution < -0.4 is 0 Å². The zero-order chi connectivity index (χ0) is 15.6. The Balaban J connectivity index is 1.90. The molecule has 0 aliphatic carbocycles. The van der Waals surface area contributed by atoms with E-state index in [4.69, 9.17) is 4.74 Å².